The van der Waals surface area contributed by atoms with Gasteiger partial charge in [-0.1, -0.05) is 12.1 Å². The Kier molecular flexibility index (Phi) is 3.94. The summed E-state index contributed by atoms with van der Waals surface area (Å²) in [4.78, 5) is 14.6. The van der Waals surface area contributed by atoms with E-state index >= 15 is 0 Å². The van der Waals surface area contributed by atoms with Gasteiger partial charge in [0.2, 0.25) is 0 Å². The Labute approximate surface area is 140 Å². The molecule has 0 radical (unpaired) electrons. The van der Waals surface area contributed by atoms with E-state index in [9.17, 15) is 9.18 Å². The molecule has 4 rings (SSSR count). The van der Waals surface area contributed by atoms with Crippen molar-refractivity contribution in [2.24, 2.45) is 0 Å². The van der Waals surface area contributed by atoms with E-state index in [2.05, 4.69) is 27.7 Å². The van der Waals surface area contributed by atoms with Crippen LogP contribution in [0.25, 0.3) is 0 Å². The lowest BCUT2D eigenvalue weighted by Crippen LogP contribution is -2.31. The quantitative estimate of drug-likeness (QED) is 0.870. The van der Waals surface area contributed by atoms with Crippen molar-refractivity contribution in [3.8, 4) is 0 Å². The molecule has 0 aliphatic carbocycles. The van der Waals surface area contributed by atoms with Crippen LogP contribution < -0.4 is 10.6 Å². The normalized spacial score (nSPS) is 19.5. The van der Waals surface area contributed by atoms with E-state index in [1.165, 1.54) is 42.6 Å². The number of amides is 2. The molecule has 2 amide bonds. The number of nitrogens with zero attached hydrogens (tertiary/aromatic N) is 1. The van der Waals surface area contributed by atoms with Crippen molar-refractivity contribution >= 4 is 17.4 Å². The predicted octanol–water partition coefficient (Wildman–Crippen LogP) is 4.16. The van der Waals surface area contributed by atoms with Gasteiger partial charge in [0.25, 0.3) is 0 Å². The highest BCUT2D eigenvalue weighted by molar-refractivity contribution is 5.99. The van der Waals surface area contributed by atoms with Crippen LogP contribution in [0, 0.1) is 5.82 Å². The summed E-state index contributed by atoms with van der Waals surface area (Å²) in [6.45, 7) is 2.29. The van der Waals surface area contributed by atoms with Crippen molar-refractivity contribution in [1.29, 1.82) is 0 Å². The van der Waals surface area contributed by atoms with Crippen molar-refractivity contribution < 1.29 is 9.18 Å². The van der Waals surface area contributed by atoms with Gasteiger partial charge in [-0.25, -0.2) is 9.18 Å². The van der Waals surface area contributed by atoms with Gasteiger partial charge in [-0.2, -0.15) is 0 Å². The first kappa shape index (κ1) is 15.1. The fourth-order valence-electron chi connectivity index (χ4n) is 3.79. The van der Waals surface area contributed by atoms with Gasteiger partial charge < -0.3 is 10.6 Å². The van der Waals surface area contributed by atoms with E-state index in [-0.39, 0.29) is 11.8 Å². The van der Waals surface area contributed by atoms with Crippen LogP contribution in [0.3, 0.4) is 0 Å². The van der Waals surface area contributed by atoms with E-state index in [0.29, 0.717) is 11.7 Å². The molecule has 2 aromatic carbocycles. The first-order valence-corrected chi connectivity index (χ1v) is 8.39. The Bertz CT molecular complexity index is 777. The summed E-state index contributed by atoms with van der Waals surface area (Å²) >= 11 is 0. The number of benzene rings is 2. The third kappa shape index (κ3) is 2.99. The van der Waals surface area contributed by atoms with Gasteiger partial charge in [-0.15, -0.1) is 0 Å². The van der Waals surface area contributed by atoms with E-state index in [0.717, 1.165) is 18.7 Å². The summed E-state index contributed by atoms with van der Waals surface area (Å²) < 4.78 is 13.2. The van der Waals surface area contributed by atoms with E-state index < -0.39 is 0 Å². The maximum Gasteiger partial charge on any atom is 0.323 e. The van der Waals surface area contributed by atoms with Crippen LogP contribution in [0.2, 0.25) is 0 Å². The lowest BCUT2D eigenvalue weighted by Gasteiger charge is -2.32. The maximum atomic E-state index is 13.2. The molecule has 4 nitrogen and oxygen atoms in total. The summed E-state index contributed by atoms with van der Waals surface area (Å²) in [5.74, 6) is -0.373. The molecule has 2 aliphatic rings. The van der Waals surface area contributed by atoms with Gasteiger partial charge >= 0.3 is 6.03 Å². The van der Waals surface area contributed by atoms with Crippen LogP contribution in [0.4, 0.5) is 20.6 Å². The Balaban J connectivity index is 1.46. The molecular weight excluding hydrogens is 305 g/mol. The van der Waals surface area contributed by atoms with E-state index in [1.807, 2.05) is 6.07 Å². The molecule has 0 bridgehead atoms. The highest BCUT2D eigenvalue weighted by Gasteiger charge is 2.30. The van der Waals surface area contributed by atoms with Crippen molar-refractivity contribution in [2.75, 3.05) is 23.7 Å². The second kappa shape index (κ2) is 6.24. The molecule has 1 saturated heterocycles. The number of urea groups is 1. The third-order valence-electron chi connectivity index (χ3n) is 4.87. The topological polar surface area (TPSA) is 44.4 Å². The summed E-state index contributed by atoms with van der Waals surface area (Å²) in [6.07, 6.45) is 3.51. The minimum absolute atomic E-state index is 0.362. The first-order valence-electron chi connectivity index (χ1n) is 8.39. The predicted molar refractivity (Wildman–Crippen MR) is 92.7 cm³/mol. The maximum absolute atomic E-state index is 13.2. The second-order valence-electron chi connectivity index (χ2n) is 6.45. The number of fused-ring (bicyclic) bond motifs is 3. The summed E-state index contributed by atoms with van der Waals surface area (Å²) in [6, 6.07) is 12.2. The summed E-state index contributed by atoms with van der Waals surface area (Å²) in [7, 11) is 0. The summed E-state index contributed by atoms with van der Waals surface area (Å²) in [5.41, 5.74) is 3.93. The molecule has 0 aromatic heterocycles. The van der Waals surface area contributed by atoms with Gasteiger partial charge in [-0.05, 0) is 67.3 Å². The van der Waals surface area contributed by atoms with Crippen LogP contribution in [-0.4, -0.2) is 24.0 Å². The van der Waals surface area contributed by atoms with Gasteiger partial charge in [-0.3, -0.25) is 4.90 Å². The molecule has 24 heavy (non-hydrogen) atoms. The van der Waals surface area contributed by atoms with Crippen molar-refractivity contribution in [2.45, 2.75) is 25.3 Å². The van der Waals surface area contributed by atoms with Crippen LogP contribution in [-0.2, 0) is 6.42 Å². The number of hydrogen-bond acceptors (Lipinski definition) is 2. The highest BCUT2D eigenvalue weighted by Crippen LogP contribution is 2.38. The van der Waals surface area contributed by atoms with Crippen LogP contribution >= 0.6 is 0 Å². The van der Waals surface area contributed by atoms with Gasteiger partial charge in [0.15, 0.2) is 0 Å². The molecule has 2 aromatic rings. The zero-order valence-electron chi connectivity index (χ0n) is 13.4. The number of carbonyl (C=O) groups excluding carboxylic acids is 1. The zero-order chi connectivity index (χ0) is 16.5. The number of anilines is 2. The first-order chi connectivity index (χ1) is 11.7. The largest absolute Gasteiger partial charge is 0.323 e. The monoisotopic (exact) mass is 325 g/mol. The molecule has 1 fully saturated rings. The zero-order valence-corrected chi connectivity index (χ0v) is 13.4. The van der Waals surface area contributed by atoms with Crippen LogP contribution in [0.5, 0.6) is 0 Å². The molecule has 124 valence electrons. The van der Waals surface area contributed by atoms with Gasteiger partial charge in [0.1, 0.15) is 5.82 Å². The lowest BCUT2D eigenvalue weighted by atomic mass is 9.92. The summed E-state index contributed by atoms with van der Waals surface area (Å²) in [5, 5.41) is 5.48. The molecular formula is C19H20FN3O. The minimum atomic E-state index is -0.373. The smallest absolute Gasteiger partial charge is 0.308 e. The SMILES string of the molecule is O=C(Nc1cccc(F)c1)Nc1ccc2c(c1)CCN1CCCC21. The standard InChI is InChI=1S/C19H20FN3O/c20-14-3-1-4-15(12-14)21-19(24)22-16-6-7-17-13(11-16)8-10-23-9-2-5-18(17)23/h1,3-4,6-7,11-12,18H,2,5,8-10H2,(H2,21,22,24). The number of nitrogens with one attached hydrogen (secondary N) is 2. The fraction of sp³-hybridized carbons (Fsp3) is 0.316. The van der Waals surface area contributed by atoms with Crippen molar-refractivity contribution in [3.63, 3.8) is 0 Å². The molecule has 1 unspecified atom stereocenters. The Morgan fingerprint density at radius 1 is 1.08 bits per heavy atom. The number of rotatable bonds is 2. The van der Waals surface area contributed by atoms with E-state index in [1.54, 1.807) is 12.1 Å². The highest BCUT2D eigenvalue weighted by atomic mass is 19.1. The third-order valence-corrected chi connectivity index (χ3v) is 4.87. The number of halogens is 1. The Morgan fingerprint density at radius 3 is 2.75 bits per heavy atom. The average Bonchev–Trinajstić information content (AvgIpc) is 3.03. The fourth-order valence-corrected chi connectivity index (χ4v) is 3.79. The molecule has 5 heteroatoms. The molecule has 1 atom stereocenters. The molecule has 0 spiro atoms. The molecule has 2 heterocycles. The Morgan fingerprint density at radius 2 is 1.92 bits per heavy atom. The number of hydrogen-bond donors (Lipinski definition) is 2. The van der Waals surface area contributed by atoms with Crippen LogP contribution in [0.15, 0.2) is 42.5 Å². The average molecular weight is 325 g/mol. The number of carbonyl (C=O) groups is 1. The van der Waals surface area contributed by atoms with Crippen molar-refractivity contribution in [1.82, 2.24) is 4.90 Å². The lowest BCUT2D eigenvalue weighted by molar-refractivity contribution is 0.244. The minimum Gasteiger partial charge on any atom is -0.308 e. The van der Waals surface area contributed by atoms with Gasteiger partial charge in [0, 0.05) is 24.0 Å². The Hall–Kier alpha value is -2.40. The van der Waals surface area contributed by atoms with E-state index in [4.69, 9.17) is 0 Å². The molecule has 2 N–H and O–H groups in total. The van der Waals surface area contributed by atoms with Crippen molar-refractivity contribution in [3.05, 3.63) is 59.4 Å². The molecule has 2 aliphatic heterocycles. The van der Waals surface area contributed by atoms with Gasteiger partial charge in [0.05, 0.1) is 0 Å². The molecule has 0 saturated carbocycles. The van der Waals surface area contributed by atoms with Crippen LogP contribution in [0.1, 0.15) is 30.0 Å². The second-order valence-corrected chi connectivity index (χ2v) is 6.45.